The third-order valence-electron chi connectivity index (χ3n) is 2.33. The van der Waals surface area contributed by atoms with E-state index in [1.165, 1.54) is 0 Å². The van der Waals surface area contributed by atoms with E-state index in [1.54, 1.807) is 12.1 Å². The van der Waals surface area contributed by atoms with E-state index < -0.39 is 0 Å². The number of rotatable bonds is 6. The zero-order valence-corrected chi connectivity index (χ0v) is 11.1. The van der Waals surface area contributed by atoms with Gasteiger partial charge in [-0.3, -0.25) is 9.59 Å². The fourth-order valence-corrected chi connectivity index (χ4v) is 1.59. The van der Waals surface area contributed by atoms with Gasteiger partial charge in [0.25, 0.3) is 0 Å². The smallest absolute Gasteiger partial charge is 0.239 e. The van der Waals surface area contributed by atoms with Crippen molar-refractivity contribution in [2.24, 2.45) is 0 Å². The number of amides is 2. The van der Waals surface area contributed by atoms with Crippen LogP contribution < -0.4 is 10.6 Å². The van der Waals surface area contributed by atoms with Crippen molar-refractivity contribution in [1.82, 2.24) is 10.6 Å². The van der Waals surface area contributed by atoms with Gasteiger partial charge in [0.05, 0.1) is 13.0 Å². The summed E-state index contributed by atoms with van der Waals surface area (Å²) in [6.45, 7) is 2.60. The Morgan fingerprint density at radius 2 is 1.89 bits per heavy atom. The molecule has 0 aliphatic carbocycles. The van der Waals surface area contributed by atoms with Crippen molar-refractivity contribution in [1.29, 1.82) is 0 Å². The SMILES string of the molecule is CCCNC(=O)CNC(=O)Cc1ccccc1Cl. The topological polar surface area (TPSA) is 58.2 Å². The monoisotopic (exact) mass is 268 g/mol. The maximum Gasteiger partial charge on any atom is 0.239 e. The highest BCUT2D eigenvalue weighted by atomic mass is 35.5. The Morgan fingerprint density at radius 3 is 2.56 bits per heavy atom. The van der Waals surface area contributed by atoms with Crippen LogP contribution in [0.1, 0.15) is 18.9 Å². The highest BCUT2D eigenvalue weighted by molar-refractivity contribution is 6.31. The average molecular weight is 269 g/mol. The van der Waals surface area contributed by atoms with Crippen LogP contribution in [0.25, 0.3) is 0 Å². The molecule has 0 aliphatic rings. The zero-order chi connectivity index (χ0) is 13.4. The lowest BCUT2D eigenvalue weighted by atomic mass is 10.1. The first-order chi connectivity index (χ1) is 8.63. The molecule has 0 bridgehead atoms. The quantitative estimate of drug-likeness (QED) is 0.822. The number of nitrogens with one attached hydrogen (secondary N) is 2. The molecule has 5 heteroatoms. The van der Waals surface area contributed by atoms with Gasteiger partial charge in [0.1, 0.15) is 0 Å². The molecule has 2 amide bonds. The Bertz CT molecular complexity index is 421. The van der Waals surface area contributed by atoms with Crippen LogP contribution in [-0.2, 0) is 16.0 Å². The maximum atomic E-state index is 11.6. The van der Waals surface area contributed by atoms with E-state index in [0.29, 0.717) is 11.6 Å². The van der Waals surface area contributed by atoms with Crippen molar-refractivity contribution in [3.8, 4) is 0 Å². The Labute approximate surface area is 112 Å². The van der Waals surface area contributed by atoms with Crippen molar-refractivity contribution < 1.29 is 9.59 Å². The molecule has 0 atom stereocenters. The summed E-state index contributed by atoms with van der Waals surface area (Å²) in [7, 11) is 0. The molecule has 1 rings (SSSR count). The number of halogens is 1. The summed E-state index contributed by atoms with van der Waals surface area (Å²) in [5.74, 6) is -0.390. The van der Waals surface area contributed by atoms with Crippen molar-refractivity contribution in [2.75, 3.05) is 13.1 Å². The van der Waals surface area contributed by atoms with Crippen molar-refractivity contribution in [3.05, 3.63) is 34.9 Å². The van der Waals surface area contributed by atoms with Crippen LogP contribution in [-0.4, -0.2) is 24.9 Å². The van der Waals surface area contributed by atoms with E-state index in [4.69, 9.17) is 11.6 Å². The van der Waals surface area contributed by atoms with Gasteiger partial charge in [0.2, 0.25) is 11.8 Å². The second-order valence-corrected chi connectivity index (χ2v) is 4.30. The molecule has 0 fully saturated rings. The highest BCUT2D eigenvalue weighted by Crippen LogP contribution is 2.14. The molecule has 1 aromatic rings. The largest absolute Gasteiger partial charge is 0.355 e. The van der Waals surface area contributed by atoms with Gasteiger partial charge in [0, 0.05) is 11.6 Å². The molecule has 0 aliphatic heterocycles. The minimum atomic E-state index is -0.213. The third kappa shape index (κ3) is 5.19. The van der Waals surface area contributed by atoms with E-state index in [9.17, 15) is 9.59 Å². The fourth-order valence-electron chi connectivity index (χ4n) is 1.38. The lowest BCUT2D eigenvalue weighted by Gasteiger charge is -2.07. The molecular formula is C13H17ClN2O2. The number of hydrogen-bond acceptors (Lipinski definition) is 2. The van der Waals surface area contributed by atoms with Crippen LogP contribution in [0.15, 0.2) is 24.3 Å². The number of hydrogen-bond donors (Lipinski definition) is 2. The molecule has 4 nitrogen and oxygen atoms in total. The first-order valence-corrected chi connectivity index (χ1v) is 6.28. The molecule has 0 unspecified atom stereocenters. The average Bonchev–Trinajstić information content (AvgIpc) is 2.36. The van der Waals surface area contributed by atoms with Crippen molar-refractivity contribution in [2.45, 2.75) is 19.8 Å². The van der Waals surface area contributed by atoms with Gasteiger partial charge in [0.15, 0.2) is 0 Å². The van der Waals surface area contributed by atoms with Gasteiger partial charge in [-0.15, -0.1) is 0 Å². The molecule has 18 heavy (non-hydrogen) atoms. The maximum absolute atomic E-state index is 11.6. The van der Waals surface area contributed by atoms with Gasteiger partial charge in [-0.25, -0.2) is 0 Å². The predicted octanol–water partition coefficient (Wildman–Crippen LogP) is 1.52. The molecule has 0 heterocycles. The Hall–Kier alpha value is -1.55. The third-order valence-corrected chi connectivity index (χ3v) is 2.70. The van der Waals surface area contributed by atoms with Gasteiger partial charge < -0.3 is 10.6 Å². The molecule has 0 radical (unpaired) electrons. The summed E-state index contributed by atoms with van der Waals surface area (Å²) in [5.41, 5.74) is 0.755. The number of benzene rings is 1. The summed E-state index contributed by atoms with van der Waals surface area (Å²) in [6, 6.07) is 7.15. The number of carbonyl (C=O) groups excluding carboxylic acids is 2. The second-order valence-electron chi connectivity index (χ2n) is 3.89. The Morgan fingerprint density at radius 1 is 1.17 bits per heavy atom. The lowest BCUT2D eigenvalue weighted by molar-refractivity contribution is -0.125. The number of carbonyl (C=O) groups is 2. The zero-order valence-electron chi connectivity index (χ0n) is 10.3. The van der Waals surface area contributed by atoms with E-state index in [0.717, 1.165) is 12.0 Å². The fraction of sp³-hybridized carbons (Fsp3) is 0.385. The van der Waals surface area contributed by atoms with Crippen LogP contribution in [0.3, 0.4) is 0 Å². The summed E-state index contributed by atoms with van der Waals surface area (Å²) >= 11 is 5.94. The summed E-state index contributed by atoms with van der Waals surface area (Å²) in [5, 5.41) is 5.80. The Kier molecular flexibility index (Phi) is 6.22. The van der Waals surface area contributed by atoms with Gasteiger partial charge in [-0.05, 0) is 18.1 Å². The first-order valence-electron chi connectivity index (χ1n) is 5.90. The molecular weight excluding hydrogens is 252 g/mol. The minimum absolute atomic E-state index is 0.00326. The van der Waals surface area contributed by atoms with Crippen LogP contribution in [0, 0.1) is 0 Å². The summed E-state index contributed by atoms with van der Waals surface area (Å²) < 4.78 is 0. The molecule has 0 spiro atoms. The molecule has 2 N–H and O–H groups in total. The van der Waals surface area contributed by atoms with Crippen molar-refractivity contribution >= 4 is 23.4 Å². The molecule has 0 saturated carbocycles. The van der Waals surface area contributed by atoms with E-state index in [-0.39, 0.29) is 24.8 Å². The molecule has 98 valence electrons. The minimum Gasteiger partial charge on any atom is -0.355 e. The van der Waals surface area contributed by atoms with E-state index >= 15 is 0 Å². The molecule has 0 aromatic heterocycles. The van der Waals surface area contributed by atoms with Crippen LogP contribution >= 0.6 is 11.6 Å². The second kappa shape index (κ2) is 7.71. The Balaban J connectivity index is 2.34. The van der Waals surface area contributed by atoms with Crippen LogP contribution in [0.2, 0.25) is 5.02 Å². The lowest BCUT2D eigenvalue weighted by Crippen LogP contribution is -2.37. The summed E-state index contributed by atoms with van der Waals surface area (Å²) in [4.78, 5) is 22.9. The van der Waals surface area contributed by atoms with Crippen molar-refractivity contribution in [3.63, 3.8) is 0 Å². The van der Waals surface area contributed by atoms with Gasteiger partial charge in [-0.1, -0.05) is 36.7 Å². The molecule has 1 aromatic carbocycles. The standard InChI is InChI=1S/C13H17ClN2O2/c1-2-7-15-13(18)9-16-12(17)8-10-5-3-4-6-11(10)14/h3-6H,2,7-9H2,1H3,(H,15,18)(H,16,17). The summed E-state index contributed by atoms with van der Waals surface area (Å²) in [6.07, 6.45) is 1.06. The van der Waals surface area contributed by atoms with E-state index in [1.807, 2.05) is 19.1 Å². The van der Waals surface area contributed by atoms with E-state index in [2.05, 4.69) is 10.6 Å². The first kappa shape index (κ1) is 14.5. The highest BCUT2D eigenvalue weighted by Gasteiger charge is 2.07. The van der Waals surface area contributed by atoms with Gasteiger partial charge >= 0.3 is 0 Å². The predicted molar refractivity (Wildman–Crippen MR) is 71.5 cm³/mol. The van der Waals surface area contributed by atoms with Gasteiger partial charge in [-0.2, -0.15) is 0 Å². The van der Waals surface area contributed by atoms with Crippen LogP contribution in [0.5, 0.6) is 0 Å². The normalized spacial score (nSPS) is 9.89. The molecule has 0 saturated heterocycles. The van der Waals surface area contributed by atoms with Crippen LogP contribution in [0.4, 0.5) is 0 Å².